The molecule has 0 fully saturated rings. The van der Waals surface area contributed by atoms with Gasteiger partial charge in [0.1, 0.15) is 11.3 Å². The van der Waals surface area contributed by atoms with Gasteiger partial charge in [-0.1, -0.05) is 50.7 Å². The first-order chi connectivity index (χ1) is 10.9. The van der Waals surface area contributed by atoms with E-state index >= 15 is 0 Å². The van der Waals surface area contributed by atoms with Gasteiger partial charge in [-0.3, -0.25) is 4.79 Å². The number of carbonyl (C=O) groups is 1. The molecule has 0 aliphatic rings. The zero-order valence-corrected chi connectivity index (χ0v) is 14.6. The van der Waals surface area contributed by atoms with E-state index in [1.165, 1.54) is 11.8 Å². The number of carbonyl (C=O) groups excluding carboxylic acids is 1. The van der Waals surface area contributed by atoms with E-state index in [0.717, 1.165) is 28.6 Å². The van der Waals surface area contributed by atoms with Crippen LogP contribution in [0.1, 0.15) is 27.7 Å². The third-order valence-corrected chi connectivity index (χ3v) is 4.68. The van der Waals surface area contributed by atoms with Crippen molar-refractivity contribution in [2.45, 2.75) is 39.4 Å². The molecule has 0 radical (unpaired) electrons. The highest BCUT2D eigenvalue weighted by Gasteiger charge is 2.22. The fourth-order valence-electron chi connectivity index (χ4n) is 2.42. The van der Waals surface area contributed by atoms with Crippen LogP contribution >= 0.6 is 11.8 Å². The first kappa shape index (κ1) is 15.9. The van der Waals surface area contributed by atoms with Crippen molar-refractivity contribution in [3.8, 4) is 0 Å². The minimum absolute atomic E-state index is 0.183. The summed E-state index contributed by atoms with van der Waals surface area (Å²) in [6.07, 6.45) is 0. The van der Waals surface area contributed by atoms with Crippen LogP contribution in [0.2, 0.25) is 0 Å². The zero-order valence-electron chi connectivity index (χ0n) is 13.8. The Balaban J connectivity index is 1.99. The van der Waals surface area contributed by atoms with Crippen molar-refractivity contribution in [3.63, 3.8) is 0 Å². The summed E-state index contributed by atoms with van der Waals surface area (Å²) in [6.45, 7) is 8.67. The molecule has 0 spiro atoms. The molecule has 1 aromatic carbocycles. The number of fused-ring (bicyclic) bond motifs is 3. The topological polar surface area (TPSA) is 60.7 Å². The maximum Gasteiger partial charge on any atom is 0.211 e. The second-order valence-electron chi connectivity index (χ2n) is 6.49. The van der Waals surface area contributed by atoms with Crippen molar-refractivity contribution in [2.75, 3.05) is 5.75 Å². The molecule has 120 valence electrons. The van der Waals surface area contributed by atoms with Gasteiger partial charge in [-0.2, -0.15) is 0 Å². The van der Waals surface area contributed by atoms with Crippen LogP contribution in [0.3, 0.4) is 0 Å². The number of hydrogen-bond acceptors (Lipinski definition) is 5. The van der Waals surface area contributed by atoms with Gasteiger partial charge in [0.15, 0.2) is 5.65 Å². The van der Waals surface area contributed by atoms with E-state index in [9.17, 15) is 4.79 Å². The van der Waals surface area contributed by atoms with Gasteiger partial charge in [-0.15, -0.1) is 10.2 Å². The summed E-state index contributed by atoms with van der Waals surface area (Å²) < 4.78 is 2.13. The smallest absolute Gasteiger partial charge is 0.211 e. The molecule has 0 saturated heterocycles. The largest absolute Gasteiger partial charge is 0.324 e. The summed E-state index contributed by atoms with van der Waals surface area (Å²) in [4.78, 5) is 16.7. The first-order valence-electron chi connectivity index (χ1n) is 7.69. The highest BCUT2D eigenvalue weighted by molar-refractivity contribution is 7.99. The van der Waals surface area contributed by atoms with Gasteiger partial charge >= 0.3 is 0 Å². The van der Waals surface area contributed by atoms with Gasteiger partial charge in [-0.05, 0) is 13.0 Å². The van der Waals surface area contributed by atoms with Gasteiger partial charge in [0.05, 0.1) is 11.3 Å². The maximum atomic E-state index is 12.1. The molecule has 0 saturated carbocycles. The van der Waals surface area contributed by atoms with E-state index in [1.807, 2.05) is 39.0 Å². The predicted octanol–water partition coefficient (Wildman–Crippen LogP) is 3.71. The molecular weight excluding hydrogens is 308 g/mol. The normalized spacial score (nSPS) is 12.2. The number of aryl methyl sites for hydroxylation is 1. The number of ketones is 1. The Kier molecular flexibility index (Phi) is 4.10. The number of hydrogen-bond donors (Lipinski definition) is 0. The van der Waals surface area contributed by atoms with E-state index in [0.29, 0.717) is 10.9 Å². The van der Waals surface area contributed by atoms with Crippen LogP contribution < -0.4 is 0 Å². The average molecular weight is 328 g/mol. The van der Waals surface area contributed by atoms with Crippen LogP contribution in [0.5, 0.6) is 0 Å². The third-order valence-electron chi connectivity index (χ3n) is 3.84. The van der Waals surface area contributed by atoms with Gasteiger partial charge in [0.2, 0.25) is 5.16 Å². The molecule has 0 aliphatic carbocycles. The lowest BCUT2D eigenvalue weighted by molar-refractivity contribution is -0.123. The van der Waals surface area contributed by atoms with E-state index in [2.05, 4.69) is 32.7 Å². The van der Waals surface area contributed by atoms with E-state index in [4.69, 9.17) is 0 Å². The van der Waals surface area contributed by atoms with Crippen LogP contribution in [0, 0.1) is 5.41 Å². The molecule has 0 unspecified atom stereocenters. The number of para-hydroxylation sites is 1. The van der Waals surface area contributed by atoms with Gasteiger partial charge in [0, 0.05) is 17.3 Å². The van der Waals surface area contributed by atoms with Crippen LogP contribution in [0.25, 0.3) is 22.1 Å². The highest BCUT2D eigenvalue weighted by atomic mass is 32.2. The highest BCUT2D eigenvalue weighted by Crippen LogP contribution is 2.27. The van der Waals surface area contributed by atoms with Crippen LogP contribution in [-0.4, -0.2) is 31.3 Å². The number of aromatic nitrogens is 4. The summed E-state index contributed by atoms with van der Waals surface area (Å²) in [6, 6.07) is 8.11. The Morgan fingerprint density at radius 1 is 1.22 bits per heavy atom. The van der Waals surface area contributed by atoms with Crippen molar-refractivity contribution in [1.29, 1.82) is 0 Å². The van der Waals surface area contributed by atoms with Crippen molar-refractivity contribution < 1.29 is 4.79 Å². The van der Waals surface area contributed by atoms with Gasteiger partial charge < -0.3 is 4.57 Å². The molecule has 0 bridgehead atoms. The molecule has 0 amide bonds. The summed E-state index contributed by atoms with van der Waals surface area (Å²) in [5.74, 6) is 0.547. The average Bonchev–Trinajstić information content (AvgIpc) is 2.84. The Morgan fingerprint density at radius 3 is 2.65 bits per heavy atom. The van der Waals surface area contributed by atoms with Gasteiger partial charge in [0.25, 0.3) is 0 Å². The monoisotopic (exact) mass is 328 g/mol. The van der Waals surface area contributed by atoms with Crippen molar-refractivity contribution in [1.82, 2.24) is 19.7 Å². The molecule has 0 atom stereocenters. The molecular formula is C17H20N4OS. The first-order valence-corrected chi connectivity index (χ1v) is 8.68. The molecule has 5 nitrogen and oxygen atoms in total. The molecule has 2 aromatic heterocycles. The van der Waals surface area contributed by atoms with Crippen LogP contribution in [-0.2, 0) is 11.3 Å². The molecule has 0 aliphatic heterocycles. The standard InChI is InChI=1S/C17H20N4OS/c1-5-21-12-9-7-6-8-11(12)14-15(21)18-16(20-19-14)23-10-13(22)17(2,3)4/h6-9H,5,10H2,1-4H3. The summed E-state index contributed by atoms with van der Waals surface area (Å²) in [5.41, 5.74) is 2.41. The maximum absolute atomic E-state index is 12.1. The Labute approximate surface area is 139 Å². The Morgan fingerprint density at radius 2 is 1.96 bits per heavy atom. The second kappa shape index (κ2) is 5.92. The quantitative estimate of drug-likeness (QED) is 0.683. The third kappa shape index (κ3) is 2.95. The number of rotatable bonds is 4. The molecule has 2 heterocycles. The molecule has 3 aromatic rings. The molecule has 0 N–H and O–H groups in total. The molecule has 23 heavy (non-hydrogen) atoms. The molecule has 3 rings (SSSR count). The van der Waals surface area contributed by atoms with E-state index in [-0.39, 0.29) is 11.2 Å². The summed E-state index contributed by atoms with van der Waals surface area (Å²) >= 11 is 1.35. The lowest BCUT2D eigenvalue weighted by Gasteiger charge is -2.15. The summed E-state index contributed by atoms with van der Waals surface area (Å²) in [7, 11) is 0. The van der Waals surface area contributed by atoms with Gasteiger partial charge in [-0.25, -0.2) is 4.98 Å². The van der Waals surface area contributed by atoms with E-state index < -0.39 is 0 Å². The minimum Gasteiger partial charge on any atom is -0.324 e. The Hall–Kier alpha value is -1.95. The number of Topliss-reactive ketones (excluding diaryl/α,β-unsaturated/α-hetero) is 1. The lowest BCUT2D eigenvalue weighted by Crippen LogP contribution is -2.22. The van der Waals surface area contributed by atoms with Crippen molar-refractivity contribution >= 4 is 39.6 Å². The number of nitrogens with zero attached hydrogens (tertiary/aromatic N) is 4. The fraction of sp³-hybridized carbons (Fsp3) is 0.412. The van der Waals surface area contributed by atoms with Crippen LogP contribution in [0.4, 0.5) is 0 Å². The fourth-order valence-corrected chi connectivity index (χ4v) is 3.36. The molecule has 6 heteroatoms. The van der Waals surface area contributed by atoms with E-state index in [1.54, 1.807) is 0 Å². The van der Waals surface area contributed by atoms with Crippen molar-refractivity contribution in [3.05, 3.63) is 24.3 Å². The second-order valence-corrected chi connectivity index (χ2v) is 7.43. The van der Waals surface area contributed by atoms with Crippen LogP contribution in [0.15, 0.2) is 29.4 Å². The lowest BCUT2D eigenvalue weighted by atomic mass is 9.92. The predicted molar refractivity (Wildman–Crippen MR) is 93.7 cm³/mol. The summed E-state index contributed by atoms with van der Waals surface area (Å²) in [5, 5.41) is 10.2. The van der Waals surface area contributed by atoms with Crippen molar-refractivity contribution in [2.24, 2.45) is 5.41 Å². The Bertz CT molecular complexity index is 879. The SMILES string of the molecule is CCn1c2ccccc2c2nnc(SCC(=O)C(C)(C)C)nc21. The number of benzene rings is 1. The number of thioether (sulfide) groups is 1. The minimum atomic E-state index is -0.344. The zero-order chi connectivity index (χ0) is 16.6.